The Morgan fingerprint density at radius 3 is 2.62 bits per heavy atom. The van der Waals surface area contributed by atoms with Gasteiger partial charge in [-0.1, -0.05) is 45.4 Å². The van der Waals surface area contributed by atoms with Gasteiger partial charge < -0.3 is 5.32 Å². The van der Waals surface area contributed by atoms with E-state index in [9.17, 15) is 0 Å². The van der Waals surface area contributed by atoms with E-state index in [1.165, 1.54) is 4.88 Å². The largest absolute Gasteiger partial charge is 0.369 e. The number of nitrogens with zero attached hydrogens (tertiary/aromatic N) is 2. The summed E-state index contributed by atoms with van der Waals surface area (Å²) in [5, 5.41) is 6.09. The molecule has 21 heavy (non-hydrogen) atoms. The molecule has 0 aliphatic rings. The third-order valence-corrected chi connectivity index (χ3v) is 5.11. The highest BCUT2D eigenvalue weighted by atomic mass is 35.5. The third-order valence-electron chi connectivity index (χ3n) is 3.51. The number of anilines is 1. The molecule has 0 aromatic carbocycles. The van der Waals surface area contributed by atoms with Crippen molar-refractivity contribution >= 4 is 28.8 Å². The number of hydrogen-bond donors (Lipinski definition) is 1. The molecule has 2 heterocycles. The average molecular weight is 324 g/mol. The van der Waals surface area contributed by atoms with E-state index in [4.69, 9.17) is 11.6 Å². The highest BCUT2D eigenvalue weighted by molar-refractivity contribution is 7.10. The lowest BCUT2D eigenvalue weighted by Crippen LogP contribution is -2.27. The van der Waals surface area contributed by atoms with E-state index in [1.807, 2.05) is 6.92 Å². The molecule has 3 nitrogen and oxygen atoms in total. The number of aromatic nitrogens is 2. The van der Waals surface area contributed by atoms with Crippen LogP contribution in [0.3, 0.4) is 0 Å². The van der Waals surface area contributed by atoms with Crippen LogP contribution in [-0.2, 0) is 5.41 Å². The molecule has 5 heteroatoms. The molecule has 2 aromatic rings. The molecular weight excluding hydrogens is 302 g/mol. The van der Waals surface area contributed by atoms with E-state index in [2.05, 4.69) is 60.5 Å². The van der Waals surface area contributed by atoms with E-state index in [0.29, 0.717) is 5.15 Å². The quantitative estimate of drug-likeness (QED) is 0.786. The fraction of sp³-hybridized carbons (Fsp3) is 0.500. The molecule has 0 saturated carbocycles. The van der Waals surface area contributed by atoms with Gasteiger partial charge in [-0.05, 0) is 18.4 Å². The predicted octanol–water partition coefficient (Wildman–Crippen LogP) is 5.01. The van der Waals surface area contributed by atoms with Gasteiger partial charge >= 0.3 is 0 Å². The van der Waals surface area contributed by atoms with E-state index in [-0.39, 0.29) is 11.3 Å². The predicted molar refractivity (Wildman–Crippen MR) is 91.7 cm³/mol. The van der Waals surface area contributed by atoms with Crippen LogP contribution in [0.4, 0.5) is 5.82 Å². The van der Waals surface area contributed by atoms with Gasteiger partial charge in [-0.2, -0.15) is 0 Å². The fourth-order valence-corrected chi connectivity index (χ4v) is 3.02. The highest BCUT2D eigenvalue weighted by Gasteiger charge is 2.22. The fourth-order valence-electron chi connectivity index (χ4n) is 1.99. The van der Waals surface area contributed by atoms with Crippen LogP contribution in [0.5, 0.6) is 0 Å². The van der Waals surface area contributed by atoms with Crippen molar-refractivity contribution in [3.8, 4) is 0 Å². The summed E-state index contributed by atoms with van der Waals surface area (Å²) in [6, 6.07) is 4.26. The Bertz CT molecular complexity index is 606. The lowest BCUT2D eigenvalue weighted by molar-refractivity contribution is 0.567. The molecule has 0 spiro atoms. The van der Waals surface area contributed by atoms with Gasteiger partial charge in [0.05, 0.1) is 0 Å². The summed E-state index contributed by atoms with van der Waals surface area (Å²) in [4.78, 5) is 10.3. The first-order valence-electron chi connectivity index (χ1n) is 7.13. The van der Waals surface area contributed by atoms with Gasteiger partial charge in [0.25, 0.3) is 0 Å². The Labute approximate surface area is 135 Å². The second kappa shape index (κ2) is 6.32. The van der Waals surface area contributed by atoms with E-state index in [1.54, 1.807) is 11.3 Å². The van der Waals surface area contributed by atoms with Crippen molar-refractivity contribution in [2.45, 2.75) is 46.0 Å². The number of nitrogens with one attached hydrogen (secondary N) is 1. The zero-order chi connectivity index (χ0) is 15.6. The van der Waals surface area contributed by atoms with Crippen LogP contribution in [0.15, 0.2) is 17.5 Å². The summed E-state index contributed by atoms with van der Waals surface area (Å²) in [5.41, 5.74) is 0.957. The number of rotatable bonds is 5. The van der Waals surface area contributed by atoms with Crippen LogP contribution in [0.25, 0.3) is 0 Å². The summed E-state index contributed by atoms with van der Waals surface area (Å²) < 4.78 is 0. The van der Waals surface area contributed by atoms with E-state index in [0.717, 1.165) is 23.8 Å². The standard InChI is InChI=1S/C16H22ClN3S/c1-10(2)14-19-13(17)11(3)15(20-14)18-9-16(4,5)12-7-6-8-21-12/h6-8,10H,9H2,1-5H3,(H,18,19,20). The number of halogens is 1. The van der Waals surface area contributed by atoms with Crippen molar-refractivity contribution in [1.29, 1.82) is 0 Å². The van der Waals surface area contributed by atoms with Crippen molar-refractivity contribution in [1.82, 2.24) is 9.97 Å². The average Bonchev–Trinajstić information content (AvgIpc) is 2.95. The molecule has 0 saturated heterocycles. The monoisotopic (exact) mass is 323 g/mol. The van der Waals surface area contributed by atoms with Crippen molar-refractivity contribution < 1.29 is 0 Å². The second-order valence-electron chi connectivity index (χ2n) is 6.22. The first kappa shape index (κ1) is 16.2. The lowest BCUT2D eigenvalue weighted by Gasteiger charge is -2.25. The molecule has 0 fully saturated rings. The maximum Gasteiger partial charge on any atom is 0.137 e. The van der Waals surface area contributed by atoms with Crippen molar-refractivity contribution in [3.05, 3.63) is 38.9 Å². The Balaban J connectivity index is 2.20. The van der Waals surface area contributed by atoms with Crippen LogP contribution in [0, 0.1) is 6.92 Å². The molecule has 0 radical (unpaired) electrons. The molecule has 0 amide bonds. The van der Waals surface area contributed by atoms with Crippen LogP contribution in [0.2, 0.25) is 5.15 Å². The molecule has 2 aromatic heterocycles. The molecule has 114 valence electrons. The lowest BCUT2D eigenvalue weighted by atomic mass is 9.91. The van der Waals surface area contributed by atoms with Crippen LogP contribution >= 0.6 is 22.9 Å². The molecule has 0 aliphatic carbocycles. The topological polar surface area (TPSA) is 37.8 Å². The van der Waals surface area contributed by atoms with Gasteiger partial charge in [0.15, 0.2) is 0 Å². The second-order valence-corrected chi connectivity index (χ2v) is 7.52. The number of thiophene rings is 1. The van der Waals surface area contributed by atoms with Crippen molar-refractivity contribution in [2.75, 3.05) is 11.9 Å². The maximum atomic E-state index is 6.22. The minimum absolute atomic E-state index is 0.0516. The molecule has 2 rings (SSSR count). The highest BCUT2D eigenvalue weighted by Crippen LogP contribution is 2.29. The Kier molecular flexibility index (Phi) is 4.89. The molecule has 0 bridgehead atoms. The SMILES string of the molecule is Cc1c(Cl)nc(C(C)C)nc1NCC(C)(C)c1cccs1. The van der Waals surface area contributed by atoms with Crippen molar-refractivity contribution in [2.24, 2.45) is 0 Å². The van der Waals surface area contributed by atoms with Crippen LogP contribution in [-0.4, -0.2) is 16.5 Å². The Morgan fingerprint density at radius 1 is 1.33 bits per heavy atom. The summed E-state index contributed by atoms with van der Waals surface area (Å²) in [7, 11) is 0. The van der Waals surface area contributed by atoms with Gasteiger partial charge in [-0.3, -0.25) is 0 Å². The first-order valence-corrected chi connectivity index (χ1v) is 8.39. The van der Waals surface area contributed by atoms with Gasteiger partial charge in [0, 0.05) is 28.3 Å². The normalized spacial score (nSPS) is 12.0. The smallest absolute Gasteiger partial charge is 0.137 e. The van der Waals surface area contributed by atoms with Gasteiger partial charge in [-0.15, -0.1) is 11.3 Å². The Morgan fingerprint density at radius 2 is 2.05 bits per heavy atom. The zero-order valence-corrected chi connectivity index (χ0v) is 14.8. The molecule has 0 atom stereocenters. The zero-order valence-electron chi connectivity index (χ0n) is 13.2. The third kappa shape index (κ3) is 3.74. The number of hydrogen-bond acceptors (Lipinski definition) is 4. The first-order chi connectivity index (χ1) is 9.81. The maximum absolute atomic E-state index is 6.22. The van der Waals surface area contributed by atoms with E-state index >= 15 is 0 Å². The minimum atomic E-state index is 0.0516. The van der Waals surface area contributed by atoms with E-state index < -0.39 is 0 Å². The van der Waals surface area contributed by atoms with Gasteiger partial charge in [0.2, 0.25) is 0 Å². The molecule has 0 unspecified atom stereocenters. The Hall–Kier alpha value is -1.13. The van der Waals surface area contributed by atoms with Crippen LogP contribution in [0.1, 0.15) is 49.9 Å². The van der Waals surface area contributed by atoms with Gasteiger partial charge in [-0.25, -0.2) is 9.97 Å². The summed E-state index contributed by atoms with van der Waals surface area (Å²) in [6.45, 7) is 11.4. The molecular formula is C16H22ClN3S. The summed E-state index contributed by atoms with van der Waals surface area (Å²) in [6.07, 6.45) is 0. The molecule has 1 N–H and O–H groups in total. The summed E-state index contributed by atoms with van der Waals surface area (Å²) in [5.74, 6) is 1.87. The summed E-state index contributed by atoms with van der Waals surface area (Å²) >= 11 is 8.01. The minimum Gasteiger partial charge on any atom is -0.369 e. The van der Waals surface area contributed by atoms with Gasteiger partial charge in [0.1, 0.15) is 16.8 Å². The molecule has 0 aliphatic heterocycles. The van der Waals surface area contributed by atoms with Crippen molar-refractivity contribution in [3.63, 3.8) is 0 Å². The van der Waals surface area contributed by atoms with Crippen LogP contribution < -0.4 is 5.32 Å².